The number of aliphatic hydroxyl groups is 2. The Morgan fingerprint density at radius 2 is 1.92 bits per heavy atom. The first-order valence-corrected chi connectivity index (χ1v) is 5.28. The maximum Gasteiger partial charge on any atom is 0.270 e. The molecule has 0 aromatic heterocycles. The number of rotatable bonds is 5. The van der Waals surface area contributed by atoms with Gasteiger partial charge in [0.1, 0.15) is 5.25 Å². The molecule has 0 aliphatic rings. The molecule has 3 N–H and O–H groups in total. The minimum atomic E-state index is -4.33. The first-order valence-electron chi connectivity index (χ1n) is 3.24. The lowest BCUT2D eigenvalue weighted by Crippen LogP contribution is -2.35. The summed E-state index contributed by atoms with van der Waals surface area (Å²) in [6.07, 6.45) is -1.58. The average Bonchev–Trinajstić information content (AvgIpc) is 1.96. The fourth-order valence-corrected chi connectivity index (χ4v) is 1.98. The largest absolute Gasteiger partial charge is 0.396 e. The van der Waals surface area contributed by atoms with Crippen molar-refractivity contribution in [3.05, 3.63) is 0 Å². The van der Waals surface area contributed by atoms with Crippen LogP contribution < -0.4 is 0 Å². The second kappa shape index (κ2) is 4.98. The van der Waals surface area contributed by atoms with Crippen LogP contribution in [0.1, 0.15) is 6.42 Å². The molecule has 2 atom stereocenters. The lowest BCUT2D eigenvalue weighted by atomic mass is 10.2. The monoisotopic (exact) mass is 218 g/mol. The normalized spacial score (nSPS) is 17.3. The third-order valence-corrected chi connectivity index (χ3v) is 3.01. The molecule has 0 amide bonds. The minimum absolute atomic E-state index is 0.229. The highest BCUT2D eigenvalue weighted by Crippen LogP contribution is 2.10. The van der Waals surface area contributed by atoms with Gasteiger partial charge in [-0.3, -0.25) is 4.55 Å². The van der Waals surface area contributed by atoms with E-state index in [-0.39, 0.29) is 12.3 Å². The van der Waals surface area contributed by atoms with E-state index in [0.717, 1.165) is 0 Å². The fraction of sp³-hybridized carbons (Fsp3) is 1.00. The van der Waals surface area contributed by atoms with Gasteiger partial charge in [-0.05, 0) is 6.42 Å². The first kappa shape index (κ1) is 12.1. The Morgan fingerprint density at radius 3 is 2.17 bits per heavy atom. The zero-order valence-electron chi connectivity index (χ0n) is 6.22. The number of aliphatic hydroxyl groups excluding tert-OH is 2. The van der Waals surface area contributed by atoms with E-state index in [0.29, 0.717) is 0 Å². The van der Waals surface area contributed by atoms with Gasteiger partial charge in [-0.1, -0.05) is 0 Å². The third-order valence-electron chi connectivity index (χ3n) is 1.38. The second-order valence-corrected chi connectivity index (χ2v) is 4.23. The Morgan fingerprint density at radius 1 is 1.42 bits per heavy atom. The summed E-state index contributed by atoms with van der Waals surface area (Å²) >= 11 is 5.18. The molecule has 0 aliphatic heterocycles. The van der Waals surface area contributed by atoms with Gasteiger partial charge in [0.15, 0.2) is 0 Å². The van der Waals surface area contributed by atoms with Gasteiger partial charge in [0.05, 0.1) is 6.10 Å². The van der Waals surface area contributed by atoms with Crippen LogP contribution in [0.2, 0.25) is 0 Å². The van der Waals surface area contributed by atoms with Crippen molar-refractivity contribution in [2.24, 2.45) is 0 Å². The van der Waals surface area contributed by atoms with Crippen LogP contribution in [0.4, 0.5) is 0 Å². The molecule has 0 bridgehead atoms. The molecule has 5 nitrogen and oxygen atoms in total. The lowest BCUT2D eigenvalue weighted by molar-refractivity contribution is 0.168. The second-order valence-electron chi connectivity index (χ2n) is 2.29. The zero-order valence-corrected chi connectivity index (χ0v) is 7.79. The van der Waals surface area contributed by atoms with E-state index in [1.807, 2.05) is 0 Å². The summed E-state index contributed by atoms with van der Waals surface area (Å²) in [6.45, 7) is -0.432. The molecule has 7 heteroatoms. The van der Waals surface area contributed by atoms with Gasteiger partial charge in [-0.2, -0.15) is 8.42 Å². The van der Waals surface area contributed by atoms with Crippen molar-refractivity contribution in [1.29, 1.82) is 0 Å². The predicted octanol–water partition coefficient (Wildman–Crippen LogP) is -0.775. The van der Waals surface area contributed by atoms with Crippen molar-refractivity contribution >= 4 is 21.7 Å². The van der Waals surface area contributed by atoms with Gasteiger partial charge < -0.3 is 10.2 Å². The lowest BCUT2D eigenvalue weighted by Gasteiger charge is -2.16. The quantitative estimate of drug-likeness (QED) is 0.416. The highest BCUT2D eigenvalue weighted by atomic mass is 35.5. The number of halogens is 1. The summed E-state index contributed by atoms with van der Waals surface area (Å²) in [5.74, 6) is -0.301. The molecule has 0 aromatic rings. The summed E-state index contributed by atoms with van der Waals surface area (Å²) in [7, 11) is -4.33. The molecule has 0 saturated heterocycles. The van der Waals surface area contributed by atoms with Crippen molar-refractivity contribution in [3.63, 3.8) is 0 Å². The van der Waals surface area contributed by atoms with E-state index < -0.39 is 28.1 Å². The van der Waals surface area contributed by atoms with Crippen molar-refractivity contribution in [3.8, 4) is 0 Å². The molecule has 0 fully saturated rings. The van der Waals surface area contributed by atoms with E-state index >= 15 is 0 Å². The molecular weight excluding hydrogens is 208 g/mol. The van der Waals surface area contributed by atoms with Crippen LogP contribution >= 0.6 is 11.6 Å². The number of hydrogen-bond donors (Lipinski definition) is 3. The van der Waals surface area contributed by atoms with Gasteiger partial charge in [0.25, 0.3) is 10.1 Å². The molecule has 0 saturated carbocycles. The van der Waals surface area contributed by atoms with Crippen molar-refractivity contribution in [2.45, 2.75) is 17.8 Å². The van der Waals surface area contributed by atoms with E-state index in [1.165, 1.54) is 0 Å². The van der Waals surface area contributed by atoms with Gasteiger partial charge in [0.2, 0.25) is 0 Å². The Labute approximate surface area is 75.7 Å². The van der Waals surface area contributed by atoms with E-state index in [9.17, 15) is 8.42 Å². The summed E-state index contributed by atoms with van der Waals surface area (Å²) < 4.78 is 29.6. The number of hydrogen-bond acceptors (Lipinski definition) is 4. The fourth-order valence-electron chi connectivity index (χ4n) is 0.766. The SMILES string of the molecule is O=S(=O)(O)C(CCO)C(O)CCl. The highest BCUT2D eigenvalue weighted by molar-refractivity contribution is 7.86. The van der Waals surface area contributed by atoms with E-state index in [1.54, 1.807) is 0 Å². The van der Waals surface area contributed by atoms with E-state index in [2.05, 4.69) is 0 Å². The summed E-state index contributed by atoms with van der Waals surface area (Å²) in [5, 5.41) is 16.0. The van der Waals surface area contributed by atoms with Crippen LogP contribution in [0.25, 0.3) is 0 Å². The van der Waals surface area contributed by atoms with Crippen LogP contribution in [0, 0.1) is 0 Å². The molecule has 0 rings (SSSR count). The highest BCUT2D eigenvalue weighted by Gasteiger charge is 2.29. The van der Waals surface area contributed by atoms with Crippen LogP contribution in [0.15, 0.2) is 0 Å². The topological polar surface area (TPSA) is 94.8 Å². The predicted molar refractivity (Wildman–Crippen MR) is 43.8 cm³/mol. The van der Waals surface area contributed by atoms with Crippen LogP contribution in [-0.2, 0) is 10.1 Å². The summed E-state index contributed by atoms with van der Waals surface area (Å²) in [4.78, 5) is 0. The average molecular weight is 219 g/mol. The maximum atomic E-state index is 10.5. The van der Waals surface area contributed by atoms with Gasteiger partial charge in [0, 0.05) is 12.5 Å². The van der Waals surface area contributed by atoms with Crippen LogP contribution in [0.5, 0.6) is 0 Å². The van der Waals surface area contributed by atoms with Gasteiger partial charge in [-0.15, -0.1) is 11.6 Å². The minimum Gasteiger partial charge on any atom is -0.396 e. The molecule has 2 unspecified atom stereocenters. The molecular formula is C5H11ClO5S. The molecule has 0 radical (unpaired) electrons. The molecule has 0 spiro atoms. The van der Waals surface area contributed by atoms with E-state index in [4.69, 9.17) is 26.4 Å². The smallest absolute Gasteiger partial charge is 0.270 e. The zero-order chi connectivity index (χ0) is 9.78. The molecule has 12 heavy (non-hydrogen) atoms. The van der Waals surface area contributed by atoms with Crippen molar-refractivity contribution in [2.75, 3.05) is 12.5 Å². The Bertz CT molecular complexity index is 214. The summed E-state index contributed by atoms with van der Waals surface area (Å²) in [6, 6.07) is 0. The summed E-state index contributed by atoms with van der Waals surface area (Å²) in [5.41, 5.74) is 0. The van der Waals surface area contributed by atoms with Crippen LogP contribution in [-0.4, -0.2) is 47.0 Å². The first-order chi connectivity index (χ1) is 5.43. The molecule has 0 aromatic carbocycles. The Kier molecular flexibility index (Phi) is 5.03. The molecule has 74 valence electrons. The molecule has 0 aliphatic carbocycles. The third kappa shape index (κ3) is 3.68. The van der Waals surface area contributed by atoms with Crippen molar-refractivity contribution < 1.29 is 23.2 Å². The van der Waals surface area contributed by atoms with Crippen molar-refractivity contribution in [1.82, 2.24) is 0 Å². The Hall–Kier alpha value is 0.120. The maximum absolute atomic E-state index is 10.5. The standard InChI is InChI=1S/C5H11ClO5S/c6-3-4(8)5(1-2-7)12(9,10)11/h4-5,7-8H,1-3H2,(H,9,10,11). The van der Waals surface area contributed by atoms with Crippen LogP contribution in [0.3, 0.4) is 0 Å². The number of alkyl halides is 1. The van der Waals surface area contributed by atoms with Gasteiger partial charge >= 0.3 is 0 Å². The molecule has 0 heterocycles. The Balaban J connectivity index is 4.44. The van der Waals surface area contributed by atoms with Gasteiger partial charge in [-0.25, -0.2) is 0 Å².